The molecule has 1 rings (SSSR count). The highest BCUT2D eigenvalue weighted by Crippen LogP contribution is 2.20. The molecular formula is C22H27NO10. The van der Waals surface area contributed by atoms with Crippen LogP contribution in [-0.4, -0.2) is 55.5 Å². The van der Waals surface area contributed by atoms with Gasteiger partial charge in [0.15, 0.2) is 5.69 Å². The summed E-state index contributed by atoms with van der Waals surface area (Å²) >= 11 is 0. The summed E-state index contributed by atoms with van der Waals surface area (Å²) in [4.78, 5) is 48.9. The highest BCUT2D eigenvalue weighted by Gasteiger charge is 2.23. The standard InChI is InChI=1S/C22H27NO10/c1-5-30-19(24)17(20(25)31-6-2)12-14-9-15(11-16(10-14)23(28)29)13-18(21(26)32-7-3)22(27)33-8-4/h9-13,23,28H,5-8H2,1-4H3. The van der Waals surface area contributed by atoms with Crippen LogP contribution in [0, 0.1) is 5.21 Å². The van der Waals surface area contributed by atoms with Crippen molar-refractivity contribution in [1.29, 1.82) is 0 Å². The van der Waals surface area contributed by atoms with Crippen LogP contribution in [-0.2, 0) is 38.1 Å². The molecule has 1 aromatic carbocycles. The molecule has 0 spiro atoms. The Morgan fingerprint density at radius 1 is 0.727 bits per heavy atom. The normalized spacial score (nSPS) is 11.0. The molecule has 180 valence electrons. The van der Waals surface area contributed by atoms with E-state index in [2.05, 4.69) is 0 Å². The van der Waals surface area contributed by atoms with Gasteiger partial charge in [-0.3, -0.25) is 0 Å². The number of esters is 4. The lowest BCUT2D eigenvalue weighted by Crippen LogP contribution is -2.99. The third kappa shape index (κ3) is 8.48. The van der Waals surface area contributed by atoms with Gasteiger partial charge < -0.3 is 24.2 Å². The molecule has 0 aromatic heterocycles. The maximum absolute atomic E-state index is 12.2. The lowest BCUT2D eigenvalue weighted by Gasteiger charge is -2.14. The highest BCUT2D eigenvalue weighted by atomic mass is 16.8. The first-order valence-corrected chi connectivity index (χ1v) is 10.2. The van der Waals surface area contributed by atoms with E-state index < -0.39 is 40.2 Å². The van der Waals surface area contributed by atoms with Gasteiger partial charge in [-0.15, -0.1) is 0 Å². The van der Waals surface area contributed by atoms with Crippen LogP contribution in [0.3, 0.4) is 0 Å². The van der Waals surface area contributed by atoms with Crippen LogP contribution >= 0.6 is 0 Å². The Bertz CT molecular complexity index is 825. The number of benzene rings is 1. The van der Waals surface area contributed by atoms with Gasteiger partial charge in [0.25, 0.3) is 0 Å². The summed E-state index contributed by atoms with van der Waals surface area (Å²) in [7, 11) is 0. The van der Waals surface area contributed by atoms with Gasteiger partial charge in [0.1, 0.15) is 11.1 Å². The Kier molecular flexibility index (Phi) is 11.5. The van der Waals surface area contributed by atoms with Gasteiger partial charge in [-0.05, 0) is 57.0 Å². The van der Waals surface area contributed by atoms with Crippen LogP contribution < -0.4 is 5.23 Å². The van der Waals surface area contributed by atoms with Gasteiger partial charge in [-0.1, -0.05) is 0 Å². The van der Waals surface area contributed by atoms with Gasteiger partial charge >= 0.3 is 23.9 Å². The molecule has 0 radical (unpaired) electrons. The molecule has 0 aliphatic rings. The minimum atomic E-state index is -1.32. The third-order valence-corrected chi connectivity index (χ3v) is 3.83. The zero-order valence-electron chi connectivity index (χ0n) is 18.8. The van der Waals surface area contributed by atoms with E-state index in [4.69, 9.17) is 18.9 Å². The summed E-state index contributed by atoms with van der Waals surface area (Å²) in [6.45, 7) is 6.23. The summed E-state index contributed by atoms with van der Waals surface area (Å²) in [6.07, 6.45) is 2.21. The van der Waals surface area contributed by atoms with E-state index in [1.165, 1.54) is 18.2 Å². The summed E-state index contributed by atoms with van der Waals surface area (Å²) in [5.41, 5.74) is -0.901. The second kappa shape index (κ2) is 13.8. The topological polar surface area (TPSA) is 153 Å². The first kappa shape index (κ1) is 27.5. The molecular weight excluding hydrogens is 438 g/mol. The first-order chi connectivity index (χ1) is 15.7. The molecule has 0 aliphatic carbocycles. The van der Waals surface area contributed by atoms with Crippen molar-refractivity contribution in [3.63, 3.8) is 0 Å². The molecule has 0 saturated carbocycles. The minimum absolute atomic E-state index is 0.00116. The predicted octanol–water partition coefficient (Wildman–Crippen LogP) is 1.11. The van der Waals surface area contributed by atoms with Crippen molar-refractivity contribution in [2.75, 3.05) is 26.4 Å². The fourth-order valence-electron chi connectivity index (χ4n) is 2.54. The Labute approximate surface area is 190 Å². The quantitative estimate of drug-likeness (QED) is 0.121. The van der Waals surface area contributed by atoms with Crippen LogP contribution in [0.15, 0.2) is 29.3 Å². The number of carbonyl (C=O) groups is 4. The molecule has 0 fully saturated rings. The molecule has 11 nitrogen and oxygen atoms in total. The summed E-state index contributed by atoms with van der Waals surface area (Å²) < 4.78 is 19.5. The van der Waals surface area contributed by atoms with Crippen molar-refractivity contribution >= 4 is 41.7 Å². The van der Waals surface area contributed by atoms with Crippen LogP contribution in [0.5, 0.6) is 0 Å². The monoisotopic (exact) mass is 465 g/mol. The molecule has 1 atom stereocenters. The van der Waals surface area contributed by atoms with E-state index in [1.807, 2.05) is 0 Å². The number of ether oxygens (including phenoxy) is 4. The van der Waals surface area contributed by atoms with E-state index in [0.717, 1.165) is 12.2 Å². The van der Waals surface area contributed by atoms with Gasteiger partial charge in [-0.25, -0.2) is 24.4 Å². The second-order valence-corrected chi connectivity index (χ2v) is 6.19. The molecule has 0 amide bonds. The van der Waals surface area contributed by atoms with Crippen molar-refractivity contribution in [1.82, 2.24) is 0 Å². The number of quaternary nitrogens is 1. The Morgan fingerprint density at radius 3 is 1.27 bits per heavy atom. The van der Waals surface area contributed by atoms with Crippen LogP contribution in [0.1, 0.15) is 38.8 Å². The molecule has 0 saturated heterocycles. The highest BCUT2D eigenvalue weighted by molar-refractivity contribution is 6.18. The third-order valence-electron chi connectivity index (χ3n) is 3.83. The molecule has 2 N–H and O–H groups in total. The van der Waals surface area contributed by atoms with E-state index in [-0.39, 0.29) is 43.2 Å². The predicted molar refractivity (Wildman–Crippen MR) is 115 cm³/mol. The Hall–Kier alpha value is -3.54. The largest absolute Gasteiger partial charge is 0.595 e. The molecule has 0 heterocycles. The Morgan fingerprint density at radius 2 is 1.03 bits per heavy atom. The molecule has 0 bridgehead atoms. The van der Waals surface area contributed by atoms with Crippen molar-refractivity contribution in [3.05, 3.63) is 45.7 Å². The molecule has 1 aromatic rings. The lowest BCUT2D eigenvalue weighted by molar-refractivity contribution is -0.991. The van der Waals surface area contributed by atoms with Gasteiger partial charge in [0.2, 0.25) is 0 Å². The van der Waals surface area contributed by atoms with E-state index in [0.29, 0.717) is 0 Å². The van der Waals surface area contributed by atoms with Gasteiger partial charge in [-0.2, -0.15) is 5.23 Å². The van der Waals surface area contributed by atoms with Crippen LogP contribution in [0.4, 0.5) is 5.69 Å². The van der Waals surface area contributed by atoms with E-state index in [9.17, 15) is 29.6 Å². The SMILES string of the molecule is CCOC(=O)C(=Cc1cc(C=C(C(=O)OCC)C(=O)OCC)cc([NH+]([O-])O)c1)C(=O)OCC. The van der Waals surface area contributed by atoms with Crippen LogP contribution in [0.25, 0.3) is 12.2 Å². The summed E-state index contributed by atoms with van der Waals surface area (Å²) in [5.74, 6) is -3.81. The summed E-state index contributed by atoms with van der Waals surface area (Å²) in [6, 6.07) is 3.77. The fraction of sp³-hybridized carbons (Fsp3) is 0.364. The summed E-state index contributed by atoms with van der Waals surface area (Å²) in [5, 5.41) is 19.8. The van der Waals surface area contributed by atoms with Crippen LogP contribution in [0.2, 0.25) is 0 Å². The minimum Gasteiger partial charge on any atom is -0.595 e. The van der Waals surface area contributed by atoms with Crippen molar-refractivity contribution in [2.45, 2.75) is 27.7 Å². The average molecular weight is 465 g/mol. The molecule has 11 heteroatoms. The van der Waals surface area contributed by atoms with Gasteiger partial charge in [0.05, 0.1) is 26.4 Å². The Balaban J connectivity index is 3.66. The number of hydrogen-bond donors (Lipinski definition) is 2. The number of carbonyl (C=O) groups excluding carboxylic acids is 4. The number of rotatable bonds is 11. The van der Waals surface area contributed by atoms with E-state index >= 15 is 0 Å². The smallest absolute Gasteiger partial charge is 0.345 e. The van der Waals surface area contributed by atoms with E-state index in [1.54, 1.807) is 27.7 Å². The lowest BCUT2D eigenvalue weighted by atomic mass is 10.0. The first-order valence-electron chi connectivity index (χ1n) is 10.2. The zero-order chi connectivity index (χ0) is 25.0. The second-order valence-electron chi connectivity index (χ2n) is 6.19. The fourth-order valence-corrected chi connectivity index (χ4v) is 2.54. The average Bonchev–Trinajstić information content (AvgIpc) is 2.76. The maximum atomic E-state index is 12.2. The number of hydrogen-bond acceptors (Lipinski definition) is 10. The molecule has 33 heavy (non-hydrogen) atoms. The maximum Gasteiger partial charge on any atom is 0.345 e. The van der Waals surface area contributed by atoms with Crippen molar-refractivity contribution < 1.29 is 48.6 Å². The zero-order valence-corrected chi connectivity index (χ0v) is 18.8. The number of nitrogens with one attached hydrogen (secondary N) is 1. The molecule has 1 unspecified atom stereocenters. The van der Waals surface area contributed by atoms with Crippen molar-refractivity contribution in [3.8, 4) is 0 Å². The van der Waals surface area contributed by atoms with Crippen molar-refractivity contribution in [2.24, 2.45) is 0 Å². The van der Waals surface area contributed by atoms with Gasteiger partial charge in [0, 0.05) is 12.1 Å². The molecule has 0 aliphatic heterocycles.